The first-order valence-electron chi connectivity index (χ1n) is 14.7. The molecule has 1 N–H and O–H groups in total. The Morgan fingerprint density at radius 2 is 1.79 bits per heavy atom. The molecule has 2 aromatic heterocycles. The molecule has 0 unspecified atom stereocenters. The number of carbonyl (C=O) groups excluding carboxylic acids is 1. The third-order valence-corrected chi connectivity index (χ3v) is 11.9. The Morgan fingerprint density at radius 3 is 2.43 bits per heavy atom. The highest BCUT2D eigenvalue weighted by Gasteiger charge is 2.44. The number of aromatic carboxylic acids is 1. The van der Waals surface area contributed by atoms with Gasteiger partial charge in [-0.1, -0.05) is 49.6 Å². The van der Waals surface area contributed by atoms with E-state index >= 15 is 0 Å². The number of carbonyl (C=O) groups is 2. The minimum atomic E-state index is -4.00. The molecule has 3 aromatic rings. The fourth-order valence-corrected chi connectivity index (χ4v) is 9.06. The van der Waals surface area contributed by atoms with Crippen LogP contribution >= 0.6 is 11.3 Å². The molecule has 11 heteroatoms. The fourth-order valence-electron chi connectivity index (χ4n) is 6.72. The fraction of sp³-hybridized carbons (Fsp3) is 0.452. The predicted octanol–water partition coefficient (Wildman–Crippen LogP) is 5.48. The van der Waals surface area contributed by atoms with Crippen LogP contribution in [-0.4, -0.2) is 66.4 Å². The second kappa shape index (κ2) is 11.8. The van der Waals surface area contributed by atoms with E-state index in [1.807, 2.05) is 30.3 Å². The third-order valence-electron chi connectivity index (χ3n) is 8.93. The van der Waals surface area contributed by atoms with E-state index in [0.29, 0.717) is 11.7 Å². The van der Waals surface area contributed by atoms with Crippen LogP contribution in [0.15, 0.2) is 59.6 Å². The number of carboxylic acid groups (broad SMARTS) is 1. The molecule has 1 aliphatic carbocycles. The summed E-state index contributed by atoms with van der Waals surface area (Å²) >= 11 is 1.14. The number of hydrogen-bond donors (Lipinski definition) is 1. The highest BCUT2D eigenvalue weighted by Crippen LogP contribution is 2.42. The van der Waals surface area contributed by atoms with Crippen molar-refractivity contribution in [1.82, 2.24) is 9.29 Å². The number of sulfonamides is 1. The van der Waals surface area contributed by atoms with E-state index < -0.39 is 27.9 Å². The predicted molar refractivity (Wildman–Crippen MR) is 164 cm³/mol. The summed E-state index contributed by atoms with van der Waals surface area (Å²) in [6.07, 6.45) is 8.40. The van der Waals surface area contributed by atoms with Gasteiger partial charge in [-0.15, -0.1) is 11.3 Å². The molecule has 0 bridgehead atoms. The lowest BCUT2D eigenvalue weighted by Gasteiger charge is -2.44. The summed E-state index contributed by atoms with van der Waals surface area (Å²) in [4.78, 5) is 35.5. The van der Waals surface area contributed by atoms with Gasteiger partial charge in [-0.3, -0.25) is 4.79 Å². The maximum absolute atomic E-state index is 13.9. The van der Waals surface area contributed by atoms with Gasteiger partial charge in [0, 0.05) is 30.2 Å². The number of rotatable bonds is 7. The topological polar surface area (TPSA) is 111 Å². The quantitative estimate of drug-likeness (QED) is 0.378. The van der Waals surface area contributed by atoms with Gasteiger partial charge in [0.1, 0.15) is 15.6 Å². The van der Waals surface area contributed by atoms with Crippen molar-refractivity contribution in [3.63, 3.8) is 0 Å². The molecule has 6 rings (SSSR count). The molecule has 222 valence electrons. The van der Waals surface area contributed by atoms with Crippen molar-refractivity contribution in [2.45, 2.75) is 68.8 Å². The van der Waals surface area contributed by atoms with Crippen molar-refractivity contribution < 1.29 is 23.1 Å². The Hall–Kier alpha value is -3.28. The van der Waals surface area contributed by atoms with Gasteiger partial charge in [0.15, 0.2) is 0 Å². The van der Waals surface area contributed by atoms with E-state index in [4.69, 9.17) is 0 Å². The van der Waals surface area contributed by atoms with Crippen LogP contribution in [-0.2, 0) is 14.8 Å². The summed E-state index contributed by atoms with van der Waals surface area (Å²) in [7, 11) is -4.00. The molecule has 3 aliphatic rings. The first-order chi connectivity index (χ1) is 20.2. The van der Waals surface area contributed by atoms with Crippen LogP contribution in [0.3, 0.4) is 0 Å². The van der Waals surface area contributed by atoms with E-state index in [-0.39, 0.29) is 28.8 Å². The molecule has 0 radical (unpaired) electrons. The lowest BCUT2D eigenvalue weighted by molar-refractivity contribution is -0.121. The first kappa shape index (κ1) is 28.8. The molecule has 4 heterocycles. The van der Waals surface area contributed by atoms with Crippen LogP contribution in [0.25, 0.3) is 10.4 Å². The number of thiophene rings is 1. The first-order valence-corrected chi connectivity index (χ1v) is 17.0. The summed E-state index contributed by atoms with van der Waals surface area (Å²) in [5.74, 6) is -0.677. The summed E-state index contributed by atoms with van der Waals surface area (Å²) in [6, 6.07) is 14.5. The number of anilines is 2. The molecular formula is C31H36N4O5S2. The van der Waals surface area contributed by atoms with E-state index in [0.717, 1.165) is 79.1 Å². The third kappa shape index (κ3) is 5.45. The Kier molecular flexibility index (Phi) is 8.08. The average Bonchev–Trinajstić information content (AvgIpc) is 3.64. The number of hydrogen-bond acceptors (Lipinski definition) is 7. The molecule has 1 aromatic carbocycles. The van der Waals surface area contributed by atoms with Crippen LogP contribution in [0.2, 0.25) is 0 Å². The van der Waals surface area contributed by atoms with Crippen LogP contribution < -0.4 is 9.80 Å². The number of pyridine rings is 1. The van der Waals surface area contributed by atoms with Crippen LogP contribution in [0, 0.1) is 5.92 Å². The van der Waals surface area contributed by atoms with E-state index in [9.17, 15) is 23.1 Å². The molecule has 1 amide bonds. The summed E-state index contributed by atoms with van der Waals surface area (Å²) in [6.45, 7) is 2.79. The summed E-state index contributed by atoms with van der Waals surface area (Å²) in [5.41, 5.74) is 1.23. The van der Waals surface area contributed by atoms with E-state index in [1.165, 1.54) is 10.5 Å². The minimum absolute atomic E-state index is 0.0647. The molecule has 2 aliphatic heterocycles. The number of carboxylic acids is 1. The zero-order chi connectivity index (χ0) is 29.4. The Labute approximate surface area is 250 Å². The zero-order valence-electron chi connectivity index (χ0n) is 23.7. The largest absolute Gasteiger partial charge is 0.477 e. The van der Waals surface area contributed by atoms with Gasteiger partial charge in [0.2, 0.25) is 15.9 Å². The SMILES string of the molecule is C[C@@H]1CCCN1c1ccc(S(=O)(=O)N2CC(=O)N(c3cc(-c4ccccc4)sc3C(=O)O)[C@@H](C3CCCCC3)C2)cn1. The summed E-state index contributed by atoms with van der Waals surface area (Å²) < 4.78 is 29.0. The smallest absolute Gasteiger partial charge is 0.348 e. The molecule has 42 heavy (non-hydrogen) atoms. The maximum Gasteiger partial charge on any atom is 0.348 e. The number of aromatic nitrogens is 1. The highest BCUT2D eigenvalue weighted by atomic mass is 32.2. The Morgan fingerprint density at radius 1 is 1.02 bits per heavy atom. The van der Waals surface area contributed by atoms with Gasteiger partial charge < -0.3 is 14.9 Å². The minimum Gasteiger partial charge on any atom is -0.477 e. The Bertz CT molecular complexity index is 1550. The summed E-state index contributed by atoms with van der Waals surface area (Å²) in [5, 5.41) is 10.1. The van der Waals surface area contributed by atoms with E-state index in [2.05, 4.69) is 16.8 Å². The van der Waals surface area contributed by atoms with Gasteiger partial charge in [-0.2, -0.15) is 4.31 Å². The van der Waals surface area contributed by atoms with Crippen LogP contribution in [0.1, 0.15) is 61.5 Å². The molecule has 0 spiro atoms. The second-order valence-electron chi connectivity index (χ2n) is 11.6. The molecule has 3 fully saturated rings. The van der Waals surface area contributed by atoms with Gasteiger partial charge in [-0.05, 0) is 62.3 Å². The van der Waals surface area contributed by atoms with E-state index in [1.54, 1.807) is 23.1 Å². The lowest BCUT2D eigenvalue weighted by atomic mass is 9.82. The van der Waals surface area contributed by atoms with Crippen molar-refractivity contribution in [1.29, 1.82) is 0 Å². The van der Waals surface area contributed by atoms with Crippen LogP contribution in [0.4, 0.5) is 11.5 Å². The number of piperazine rings is 1. The van der Waals surface area contributed by atoms with Crippen molar-refractivity contribution in [2.24, 2.45) is 5.92 Å². The zero-order valence-corrected chi connectivity index (χ0v) is 25.3. The normalized spacial score (nSPS) is 22.5. The standard InChI is InChI=1S/C31H36N4O5S2/c1-21-9-8-16-34(21)28-15-14-24(18-32-28)42(39,40)33-19-26(22-10-4-2-5-11-22)35(29(36)20-33)25-17-27(41-30(25)31(37)38)23-12-6-3-7-13-23/h3,6-7,12-15,17-18,21-22,26H,2,4-5,8-11,16,19-20H2,1H3,(H,37,38)/t21-,26-/m1/s1. The van der Waals surface area contributed by atoms with Crippen molar-refractivity contribution in [3.8, 4) is 10.4 Å². The monoisotopic (exact) mass is 608 g/mol. The second-order valence-corrected chi connectivity index (χ2v) is 14.5. The molecular weight excluding hydrogens is 572 g/mol. The average molecular weight is 609 g/mol. The van der Waals surface area contributed by atoms with Gasteiger partial charge in [-0.25, -0.2) is 18.2 Å². The molecule has 1 saturated carbocycles. The molecule has 9 nitrogen and oxygen atoms in total. The number of benzene rings is 1. The van der Waals surface area contributed by atoms with Gasteiger partial charge in [0.05, 0.1) is 18.3 Å². The lowest BCUT2D eigenvalue weighted by Crippen LogP contribution is -2.60. The van der Waals surface area contributed by atoms with Gasteiger partial charge >= 0.3 is 5.97 Å². The Balaban J connectivity index is 1.33. The highest BCUT2D eigenvalue weighted by molar-refractivity contribution is 7.89. The van der Waals surface area contributed by atoms with Gasteiger partial charge in [0.25, 0.3) is 0 Å². The van der Waals surface area contributed by atoms with Crippen molar-refractivity contribution in [2.75, 3.05) is 29.4 Å². The van der Waals surface area contributed by atoms with Crippen molar-refractivity contribution >= 4 is 44.7 Å². The van der Waals surface area contributed by atoms with Crippen molar-refractivity contribution in [3.05, 3.63) is 59.6 Å². The molecule has 2 saturated heterocycles. The maximum atomic E-state index is 13.9. The number of nitrogens with zero attached hydrogens (tertiary/aromatic N) is 4. The van der Waals surface area contributed by atoms with Crippen LogP contribution in [0.5, 0.6) is 0 Å². The number of amides is 1. The molecule has 2 atom stereocenters.